The molecule has 3 N–H and O–H groups in total. The Kier molecular flexibility index (Phi) is 4.78. The summed E-state index contributed by atoms with van der Waals surface area (Å²) >= 11 is 0. The van der Waals surface area contributed by atoms with Crippen molar-refractivity contribution in [1.29, 1.82) is 0 Å². The number of likely N-dealkylation sites (tertiary alicyclic amines) is 1. The SMILES string of the molecule is NCCCCC(=O)N1CCC(C(=O)O)(C(F)(F)F)C1. The Morgan fingerprint density at radius 1 is 1.32 bits per heavy atom. The van der Waals surface area contributed by atoms with E-state index >= 15 is 0 Å². The molecule has 1 saturated heterocycles. The highest BCUT2D eigenvalue weighted by Crippen LogP contribution is 2.45. The molecule has 1 atom stereocenters. The normalized spacial score (nSPS) is 23.7. The fraction of sp³-hybridized carbons (Fsp3) is 0.818. The van der Waals surface area contributed by atoms with E-state index in [1.165, 1.54) is 0 Å². The van der Waals surface area contributed by atoms with Gasteiger partial charge in [0.15, 0.2) is 5.41 Å². The molecule has 0 bridgehead atoms. The maximum atomic E-state index is 12.9. The van der Waals surface area contributed by atoms with Gasteiger partial charge in [0.05, 0.1) is 0 Å². The van der Waals surface area contributed by atoms with Crippen molar-refractivity contribution in [1.82, 2.24) is 4.90 Å². The van der Waals surface area contributed by atoms with Crippen LogP contribution in [-0.4, -0.2) is 47.7 Å². The number of hydrogen-bond donors (Lipinski definition) is 2. The molecule has 0 spiro atoms. The summed E-state index contributed by atoms with van der Waals surface area (Å²) in [5.74, 6) is -2.36. The Labute approximate surface area is 108 Å². The number of unbranched alkanes of at least 4 members (excludes halogenated alkanes) is 1. The van der Waals surface area contributed by atoms with Gasteiger partial charge in [0.2, 0.25) is 5.91 Å². The van der Waals surface area contributed by atoms with Crippen LogP contribution in [0.1, 0.15) is 25.7 Å². The van der Waals surface area contributed by atoms with Crippen molar-refractivity contribution >= 4 is 11.9 Å². The van der Waals surface area contributed by atoms with E-state index in [0.29, 0.717) is 19.4 Å². The van der Waals surface area contributed by atoms with Crippen LogP contribution in [0.4, 0.5) is 13.2 Å². The van der Waals surface area contributed by atoms with Gasteiger partial charge in [0.25, 0.3) is 0 Å². The number of halogens is 3. The number of rotatable bonds is 5. The van der Waals surface area contributed by atoms with Crippen molar-refractivity contribution in [2.45, 2.75) is 31.9 Å². The highest BCUT2D eigenvalue weighted by Gasteiger charge is 2.64. The summed E-state index contributed by atoms with van der Waals surface area (Å²) in [6, 6.07) is 0. The highest BCUT2D eigenvalue weighted by molar-refractivity contribution is 5.81. The third kappa shape index (κ3) is 3.17. The molecule has 19 heavy (non-hydrogen) atoms. The predicted octanol–water partition coefficient (Wildman–Crippen LogP) is 0.981. The fourth-order valence-electron chi connectivity index (χ4n) is 2.13. The zero-order chi connectivity index (χ0) is 14.7. The zero-order valence-corrected chi connectivity index (χ0v) is 10.4. The van der Waals surface area contributed by atoms with Crippen LogP contribution in [-0.2, 0) is 9.59 Å². The molecule has 1 amide bonds. The van der Waals surface area contributed by atoms with Crippen LogP contribution in [0, 0.1) is 5.41 Å². The Morgan fingerprint density at radius 3 is 2.37 bits per heavy atom. The molecule has 1 rings (SSSR count). The van der Waals surface area contributed by atoms with Crippen LogP contribution >= 0.6 is 0 Å². The lowest BCUT2D eigenvalue weighted by Crippen LogP contribution is -2.47. The zero-order valence-electron chi connectivity index (χ0n) is 10.4. The lowest BCUT2D eigenvalue weighted by atomic mass is 9.86. The van der Waals surface area contributed by atoms with Crippen LogP contribution in [0.2, 0.25) is 0 Å². The second-order valence-electron chi connectivity index (χ2n) is 4.70. The number of carbonyl (C=O) groups is 2. The molecule has 1 unspecified atom stereocenters. The molecule has 110 valence electrons. The molecule has 0 aromatic rings. The summed E-state index contributed by atoms with van der Waals surface area (Å²) in [4.78, 5) is 23.6. The standard InChI is InChI=1S/C11H17F3N2O3/c12-11(13,14)10(9(18)19)4-6-16(7-10)8(17)3-1-2-5-15/h1-7,15H2,(H,18,19). The van der Waals surface area contributed by atoms with Crippen LogP contribution in [0.5, 0.6) is 0 Å². The van der Waals surface area contributed by atoms with Gasteiger partial charge >= 0.3 is 12.1 Å². The number of nitrogens with two attached hydrogens (primary N) is 1. The maximum Gasteiger partial charge on any atom is 0.406 e. The van der Waals surface area contributed by atoms with Gasteiger partial charge < -0.3 is 15.7 Å². The van der Waals surface area contributed by atoms with E-state index < -0.39 is 36.4 Å². The van der Waals surface area contributed by atoms with Gasteiger partial charge in [0, 0.05) is 19.5 Å². The Balaban J connectivity index is 2.70. The molecule has 0 saturated carbocycles. The predicted molar refractivity (Wildman–Crippen MR) is 60.2 cm³/mol. The summed E-state index contributed by atoms with van der Waals surface area (Å²) < 4.78 is 38.6. The largest absolute Gasteiger partial charge is 0.481 e. The van der Waals surface area contributed by atoms with E-state index in [1.54, 1.807) is 0 Å². The molecule has 0 aromatic carbocycles. The van der Waals surface area contributed by atoms with E-state index in [4.69, 9.17) is 10.8 Å². The lowest BCUT2D eigenvalue weighted by molar-refractivity contribution is -0.227. The first-order valence-electron chi connectivity index (χ1n) is 6.02. The third-order valence-corrected chi connectivity index (χ3v) is 3.42. The molecule has 1 aliphatic rings. The Morgan fingerprint density at radius 2 is 1.95 bits per heavy atom. The van der Waals surface area contributed by atoms with E-state index in [1.807, 2.05) is 0 Å². The summed E-state index contributed by atoms with van der Waals surface area (Å²) in [5.41, 5.74) is 2.43. The molecular formula is C11H17F3N2O3. The van der Waals surface area contributed by atoms with Gasteiger partial charge in [-0.15, -0.1) is 0 Å². The van der Waals surface area contributed by atoms with Crippen molar-refractivity contribution in [3.63, 3.8) is 0 Å². The average molecular weight is 282 g/mol. The number of carboxylic acid groups (broad SMARTS) is 1. The lowest BCUT2D eigenvalue weighted by Gasteiger charge is -2.27. The maximum absolute atomic E-state index is 12.9. The third-order valence-electron chi connectivity index (χ3n) is 3.42. The van der Waals surface area contributed by atoms with E-state index in [2.05, 4.69) is 0 Å². The van der Waals surface area contributed by atoms with Crippen LogP contribution in [0.3, 0.4) is 0 Å². The van der Waals surface area contributed by atoms with Crippen LogP contribution in [0.15, 0.2) is 0 Å². The first-order chi connectivity index (χ1) is 8.74. The molecule has 0 aromatic heterocycles. The number of aliphatic carboxylic acids is 1. The first-order valence-corrected chi connectivity index (χ1v) is 6.02. The second kappa shape index (κ2) is 5.77. The smallest absolute Gasteiger partial charge is 0.406 e. The minimum atomic E-state index is -4.86. The number of amides is 1. The van der Waals surface area contributed by atoms with Gasteiger partial charge in [-0.2, -0.15) is 13.2 Å². The molecular weight excluding hydrogens is 265 g/mol. The second-order valence-corrected chi connectivity index (χ2v) is 4.70. The molecule has 1 aliphatic heterocycles. The van der Waals surface area contributed by atoms with Crippen molar-refractivity contribution in [2.24, 2.45) is 11.1 Å². The summed E-state index contributed by atoms with van der Waals surface area (Å²) in [6.07, 6.45) is -4.23. The van der Waals surface area contributed by atoms with Gasteiger partial charge in [-0.05, 0) is 25.8 Å². The van der Waals surface area contributed by atoms with Gasteiger partial charge in [-0.1, -0.05) is 0 Å². The van der Waals surface area contributed by atoms with Crippen molar-refractivity contribution in [3.8, 4) is 0 Å². The van der Waals surface area contributed by atoms with Gasteiger partial charge in [0.1, 0.15) is 0 Å². The molecule has 1 heterocycles. The number of carbonyl (C=O) groups excluding carboxylic acids is 1. The minimum absolute atomic E-state index is 0.102. The number of hydrogen-bond acceptors (Lipinski definition) is 3. The number of carboxylic acids is 1. The Hall–Kier alpha value is -1.31. The number of alkyl halides is 3. The van der Waals surface area contributed by atoms with Crippen molar-refractivity contribution in [3.05, 3.63) is 0 Å². The quantitative estimate of drug-likeness (QED) is 0.736. The fourth-order valence-corrected chi connectivity index (χ4v) is 2.13. The van der Waals surface area contributed by atoms with E-state index in [0.717, 1.165) is 4.90 Å². The molecule has 0 radical (unpaired) electrons. The minimum Gasteiger partial charge on any atom is -0.481 e. The van der Waals surface area contributed by atoms with Gasteiger partial charge in [-0.25, -0.2) is 0 Å². The van der Waals surface area contributed by atoms with Gasteiger partial charge in [-0.3, -0.25) is 9.59 Å². The summed E-state index contributed by atoms with van der Waals surface area (Å²) in [5, 5.41) is 8.84. The highest BCUT2D eigenvalue weighted by atomic mass is 19.4. The summed E-state index contributed by atoms with van der Waals surface area (Å²) in [7, 11) is 0. The monoisotopic (exact) mass is 282 g/mol. The first kappa shape index (κ1) is 15.7. The van der Waals surface area contributed by atoms with E-state index in [-0.39, 0.29) is 13.0 Å². The average Bonchev–Trinajstić information content (AvgIpc) is 2.74. The topological polar surface area (TPSA) is 83.6 Å². The van der Waals surface area contributed by atoms with Crippen molar-refractivity contribution < 1.29 is 27.9 Å². The summed E-state index contributed by atoms with van der Waals surface area (Å²) in [6.45, 7) is -0.560. The van der Waals surface area contributed by atoms with Crippen LogP contribution < -0.4 is 5.73 Å². The molecule has 5 nitrogen and oxygen atoms in total. The molecule has 8 heteroatoms. The van der Waals surface area contributed by atoms with E-state index in [9.17, 15) is 22.8 Å². The number of nitrogens with zero attached hydrogens (tertiary/aromatic N) is 1. The van der Waals surface area contributed by atoms with Crippen molar-refractivity contribution in [2.75, 3.05) is 19.6 Å². The molecule has 0 aliphatic carbocycles. The molecule has 1 fully saturated rings. The Bertz CT molecular complexity index is 360. The van der Waals surface area contributed by atoms with Crippen LogP contribution in [0.25, 0.3) is 0 Å².